The van der Waals surface area contributed by atoms with Crippen molar-refractivity contribution in [2.75, 3.05) is 0 Å². The first-order valence-electron chi connectivity index (χ1n) is 2.34. The van der Waals surface area contributed by atoms with Crippen LogP contribution in [0, 0.1) is 0 Å². The highest BCUT2D eigenvalue weighted by atomic mass is 79.9. The predicted molar refractivity (Wildman–Crippen MR) is 37.3 cm³/mol. The van der Waals surface area contributed by atoms with Gasteiger partial charge in [-0.25, -0.2) is 0 Å². The highest BCUT2D eigenvalue weighted by molar-refractivity contribution is 9.12. The summed E-state index contributed by atoms with van der Waals surface area (Å²) >= 11 is 2.93. The van der Waals surface area contributed by atoms with Crippen LogP contribution in [0.3, 0.4) is 0 Å². The number of carbonyl (C=O) groups is 2. The van der Waals surface area contributed by atoms with Crippen LogP contribution in [0.4, 0.5) is 0 Å². The summed E-state index contributed by atoms with van der Waals surface area (Å²) in [6, 6.07) is 0. The number of rotatable bonds is 0. The van der Waals surface area contributed by atoms with Gasteiger partial charge in [0.25, 0.3) is 0 Å². The molecule has 0 saturated carbocycles. The molecule has 9 heavy (non-hydrogen) atoms. The molecule has 0 aromatic rings. The standard InChI is InChI=1S/C6H3BrO2/c7-5-3-4(8)1-2-6(5)9/h1-3H/p+1. The van der Waals surface area contributed by atoms with Gasteiger partial charge in [-0.15, -0.1) is 0 Å². The van der Waals surface area contributed by atoms with Gasteiger partial charge < -0.3 is 0 Å². The Morgan fingerprint density at radius 1 is 1.33 bits per heavy atom. The third kappa shape index (κ3) is 1.36. The molecule has 0 aromatic heterocycles. The fraction of sp³-hybridized carbons (Fsp3) is 0. The highest BCUT2D eigenvalue weighted by Crippen LogP contribution is 2.10. The van der Waals surface area contributed by atoms with Crippen LogP contribution in [0.25, 0.3) is 0 Å². The minimum absolute atomic E-state index is 0. The van der Waals surface area contributed by atoms with Crippen molar-refractivity contribution in [3.8, 4) is 0 Å². The lowest BCUT2D eigenvalue weighted by atomic mass is 10.2. The molecule has 1 aliphatic rings. The molecule has 2 nitrogen and oxygen atoms in total. The van der Waals surface area contributed by atoms with Gasteiger partial charge in [-0.05, 0) is 28.1 Å². The molecule has 1 rings (SSSR count). The fourth-order valence-corrected chi connectivity index (χ4v) is 0.839. The van der Waals surface area contributed by atoms with E-state index in [4.69, 9.17) is 0 Å². The van der Waals surface area contributed by atoms with Gasteiger partial charge in [-0.3, -0.25) is 9.59 Å². The van der Waals surface area contributed by atoms with E-state index in [1.807, 2.05) is 0 Å². The lowest BCUT2D eigenvalue weighted by Gasteiger charge is -1.95. The maximum absolute atomic E-state index is 10.6. The largest absolute Gasteiger partial charge is 1.00 e. The van der Waals surface area contributed by atoms with Gasteiger partial charge in [0.1, 0.15) is 0 Å². The van der Waals surface area contributed by atoms with Crippen molar-refractivity contribution in [3.05, 3.63) is 22.7 Å². The van der Waals surface area contributed by atoms with Gasteiger partial charge in [-0.1, -0.05) is 0 Å². The molecule has 1 aliphatic carbocycles. The normalized spacial score (nSPS) is 18.1. The van der Waals surface area contributed by atoms with Crippen LogP contribution < -0.4 is 0 Å². The Balaban J connectivity index is 0.000000810. The van der Waals surface area contributed by atoms with Crippen molar-refractivity contribution in [2.45, 2.75) is 0 Å². The highest BCUT2D eigenvalue weighted by Gasteiger charge is 2.08. The van der Waals surface area contributed by atoms with E-state index in [1.165, 1.54) is 18.2 Å². The van der Waals surface area contributed by atoms with Crippen molar-refractivity contribution in [2.24, 2.45) is 0 Å². The minimum Gasteiger partial charge on any atom is -0.290 e. The monoisotopic (exact) mass is 187 g/mol. The number of halogens is 1. The van der Waals surface area contributed by atoms with Crippen LogP contribution in [-0.2, 0) is 9.59 Å². The van der Waals surface area contributed by atoms with Crippen molar-refractivity contribution in [1.82, 2.24) is 0 Å². The first-order valence-corrected chi connectivity index (χ1v) is 3.13. The predicted octanol–water partition coefficient (Wildman–Crippen LogP) is 1.09. The fourth-order valence-electron chi connectivity index (χ4n) is 0.482. The van der Waals surface area contributed by atoms with Gasteiger partial charge in [0.15, 0.2) is 11.6 Å². The summed E-state index contributed by atoms with van der Waals surface area (Å²) in [4.78, 5) is 21.1. The summed E-state index contributed by atoms with van der Waals surface area (Å²) in [5.41, 5.74) is 0. The van der Waals surface area contributed by atoms with Gasteiger partial charge in [0.05, 0.1) is 4.48 Å². The first-order chi connectivity index (χ1) is 4.20. The van der Waals surface area contributed by atoms with Crippen LogP contribution in [0.15, 0.2) is 22.7 Å². The van der Waals surface area contributed by atoms with E-state index >= 15 is 0 Å². The molecule has 0 fully saturated rings. The average Bonchev–Trinajstić information content (AvgIpc) is 1.80. The molecule has 0 radical (unpaired) electrons. The molecule has 0 N–H and O–H groups in total. The van der Waals surface area contributed by atoms with Crippen molar-refractivity contribution in [3.63, 3.8) is 0 Å². The number of carbonyl (C=O) groups excluding carboxylic acids is 2. The van der Waals surface area contributed by atoms with E-state index in [1.54, 1.807) is 0 Å². The molecule has 0 bridgehead atoms. The van der Waals surface area contributed by atoms with Crippen LogP contribution in [0.2, 0.25) is 0 Å². The molecule has 0 saturated heterocycles. The molecule has 0 heterocycles. The number of hydrogen-bond acceptors (Lipinski definition) is 2. The van der Waals surface area contributed by atoms with Gasteiger partial charge in [0.2, 0.25) is 0 Å². The van der Waals surface area contributed by atoms with Crippen LogP contribution in [0.5, 0.6) is 0 Å². The molecule has 0 spiro atoms. The van der Waals surface area contributed by atoms with Crippen molar-refractivity contribution >= 4 is 27.5 Å². The summed E-state index contributed by atoms with van der Waals surface area (Å²) < 4.78 is 0.329. The second kappa shape index (κ2) is 2.27. The van der Waals surface area contributed by atoms with Crippen LogP contribution in [-0.4, -0.2) is 11.6 Å². The summed E-state index contributed by atoms with van der Waals surface area (Å²) in [6.07, 6.45) is 3.74. The third-order valence-corrected chi connectivity index (χ3v) is 1.52. The Bertz CT molecular complexity index is 230. The van der Waals surface area contributed by atoms with E-state index in [-0.39, 0.29) is 13.0 Å². The van der Waals surface area contributed by atoms with Crippen LogP contribution >= 0.6 is 15.9 Å². The van der Waals surface area contributed by atoms with Gasteiger partial charge in [-0.2, -0.15) is 0 Å². The second-order valence-corrected chi connectivity index (χ2v) is 2.45. The second-order valence-electron chi connectivity index (χ2n) is 1.59. The lowest BCUT2D eigenvalue weighted by Crippen LogP contribution is -2.01. The Hall–Kier alpha value is -0.700. The molecule has 0 atom stereocenters. The topological polar surface area (TPSA) is 34.1 Å². The summed E-state index contributed by atoms with van der Waals surface area (Å²) in [5.74, 6) is -0.309. The molecule has 3 heteroatoms. The zero-order valence-electron chi connectivity index (χ0n) is 5.43. The van der Waals surface area contributed by atoms with E-state index in [9.17, 15) is 9.59 Å². The Kier molecular flexibility index (Phi) is 1.62. The first kappa shape index (κ1) is 6.42. The van der Waals surface area contributed by atoms with Gasteiger partial charge in [0, 0.05) is 6.08 Å². The van der Waals surface area contributed by atoms with E-state index in [0.29, 0.717) is 4.48 Å². The van der Waals surface area contributed by atoms with Crippen molar-refractivity contribution in [1.29, 1.82) is 0 Å². The molecule has 0 aliphatic heterocycles. The van der Waals surface area contributed by atoms with E-state index < -0.39 is 0 Å². The minimum atomic E-state index is -0.158. The van der Waals surface area contributed by atoms with Gasteiger partial charge >= 0.3 is 1.43 Å². The number of allylic oxidation sites excluding steroid dienone is 4. The number of hydrogen-bond donors (Lipinski definition) is 0. The molecular weight excluding hydrogens is 184 g/mol. The lowest BCUT2D eigenvalue weighted by molar-refractivity contribution is -0.114. The summed E-state index contributed by atoms with van der Waals surface area (Å²) in [6.45, 7) is 0. The molecule has 0 aromatic carbocycles. The SMILES string of the molecule is O=C1C=CC(=O)C(Br)=C1.[H+]. The Morgan fingerprint density at radius 2 is 2.00 bits per heavy atom. The quantitative estimate of drug-likeness (QED) is 0.533. The van der Waals surface area contributed by atoms with Crippen LogP contribution in [0.1, 0.15) is 1.43 Å². The maximum atomic E-state index is 10.6. The maximum Gasteiger partial charge on any atom is 1.00 e. The zero-order chi connectivity index (χ0) is 6.85. The molecule has 0 unspecified atom stereocenters. The average molecular weight is 188 g/mol. The summed E-state index contributed by atoms with van der Waals surface area (Å²) in [7, 11) is 0. The molecule has 0 amide bonds. The van der Waals surface area contributed by atoms with Crippen molar-refractivity contribution < 1.29 is 11.0 Å². The van der Waals surface area contributed by atoms with E-state index in [2.05, 4.69) is 15.9 Å². The number of ketones is 2. The molecule has 46 valence electrons. The zero-order valence-corrected chi connectivity index (χ0v) is 6.01. The smallest absolute Gasteiger partial charge is 0.290 e. The van der Waals surface area contributed by atoms with E-state index in [0.717, 1.165) is 0 Å². The molecular formula is C6H4BrO2+. The Labute approximate surface area is 61.9 Å². The Morgan fingerprint density at radius 3 is 2.44 bits per heavy atom. The third-order valence-electron chi connectivity index (χ3n) is 0.903. The summed E-state index contributed by atoms with van der Waals surface area (Å²) in [5, 5.41) is 0.